The third kappa shape index (κ3) is 6.99. The van der Waals surface area contributed by atoms with Crippen LogP contribution in [-0.4, -0.2) is 35.0 Å². The Balaban J connectivity index is 2.89. The first-order valence-corrected chi connectivity index (χ1v) is 7.67. The molecule has 3 atom stereocenters. The lowest BCUT2D eigenvalue weighted by Crippen LogP contribution is -2.52. The maximum atomic E-state index is 13.3. The van der Waals surface area contributed by atoms with Crippen LogP contribution in [0, 0.1) is 23.1 Å². The van der Waals surface area contributed by atoms with Gasteiger partial charge in [-0.1, -0.05) is 12.1 Å². The molecular formula is C17H20FN3O4. The van der Waals surface area contributed by atoms with E-state index >= 15 is 0 Å². The number of hydrogen-bond donors (Lipinski definition) is 3. The number of halogens is 1. The highest BCUT2D eigenvalue weighted by atomic mass is 19.1. The highest BCUT2D eigenvalue weighted by Gasteiger charge is 2.27. The quantitative estimate of drug-likeness (QED) is 0.647. The van der Waals surface area contributed by atoms with Gasteiger partial charge >= 0.3 is 5.97 Å². The summed E-state index contributed by atoms with van der Waals surface area (Å²) in [5.41, 5.74) is 0.478. The molecule has 0 aliphatic carbocycles. The fourth-order valence-corrected chi connectivity index (χ4v) is 2.25. The second-order valence-corrected chi connectivity index (χ2v) is 5.75. The number of nitriles is 1. The van der Waals surface area contributed by atoms with Gasteiger partial charge in [0.2, 0.25) is 11.8 Å². The monoisotopic (exact) mass is 349 g/mol. The minimum atomic E-state index is -1.28. The molecule has 0 unspecified atom stereocenters. The lowest BCUT2D eigenvalue weighted by Gasteiger charge is -2.21. The Kier molecular flexibility index (Phi) is 7.53. The van der Waals surface area contributed by atoms with Crippen LogP contribution >= 0.6 is 0 Å². The fraction of sp³-hybridized carbons (Fsp3) is 0.412. The molecule has 1 aromatic carbocycles. The molecule has 0 aromatic heterocycles. The number of nitrogens with zero attached hydrogens (tertiary/aromatic N) is 1. The van der Waals surface area contributed by atoms with Crippen LogP contribution in [0.4, 0.5) is 4.39 Å². The van der Waals surface area contributed by atoms with E-state index in [1.54, 1.807) is 13.0 Å². The summed E-state index contributed by atoms with van der Waals surface area (Å²) in [6.45, 7) is 2.76. The lowest BCUT2D eigenvalue weighted by atomic mass is 10.0. The smallest absolute Gasteiger partial charge is 0.326 e. The Morgan fingerprint density at radius 2 is 1.96 bits per heavy atom. The Morgan fingerprint density at radius 1 is 1.28 bits per heavy atom. The summed E-state index contributed by atoms with van der Waals surface area (Å²) >= 11 is 0. The molecule has 1 rings (SSSR count). The largest absolute Gasteiger partial charge is 0.480 e. The van der Waals surface area contributed by atoms with Crippen molar-refractivity contribution in [1.29, 1.82) is 5.26 Å². The number of amides is 2. The minimum absolute atomic E-state index is 0.00329. The predicted molar refractivity (Wildman–Crippen MR) is 86.7 cm³/mol. The molecule has 0 aliphatic heterocycles. The van der Waals surface area contributed by atoms with Crippen molar-refractivity contribution in [3.05, 3.63) is 35.6 Å². The zero-order chi connectivity index (χ0) is 19.0. The highest BCUT2D eigenvalue weighted by Crippen LogP contribution is 2.09. The van der Waals surface area contributed by atoms with Crippen LogP contribution in [0.2, 0.25) is 0 Å². The van der Waals surface area contributed by atoms with Crippen molar-refractivity contribution in [2.75, 3.05) is 0 Å². The van der Waals surface area contributed by atoms with Gasteiger partial charge in [0.25, 0.3) is 0 Å². The summed E-state index contributed by atoms with van der Waals surface area (Å²) in [6.07, 6.45) is -0.0619. The number of nitrogens with one attached hydrogen (secondary N) is 2. The normalized spacial score (nSPS) is 13.8. The van der Waals surface area contributed by atoms with Crippen LogP contribution in [0.25, 0.3) is 0 Å². The van der Waals surface area contributed by atoms with Crippen LogP contribution in [0.1, 0.15) is 25.8 Å². The SMILES string of the molecule is CC(=O)N[C@H](Cc1cccc(F)c1)C(=O)N[C@H](C[C@H](C)C#N)C(=O)O. The van der Waals surface area contributed by atoms with E-state index in [0.29, 0.717) is 5.56 Å². The molecule has 3 N–H and O–H groups in total. The molecule has 0 saturated heterocycles. The van der Waals surface area contributed by atoms with E-state index in [9.17, 15) is 23.9 Å². The molecule has 0 bridgehead atoms. The first kappa shape index (κ1) is 20.1. The van der Waals surface area contributed by atoms with Gasteiger partial charge in [-0.25, -0.2) is 9.18 Å². The van der Waals surface area contributed by atoms with E-state index < -0.39 is 41.6 Å². The maximum Gasteiger partial charge on any atom is 0.326 e. The number of aliphatic carboxylic acids is 1. The van der Waals surface area contributed by atoms with Gasteiger partial charge in [-0.15, -0.1) is 0 Å². The Bertz CT molecular complexity index is 687. The van der Waals surface area contributed by atoms with Crippen molar-refractivity contribution < 1.29 is 23.9 Å². The maximum absolute atomic E-state index is 13.3. The molecule has 2 amide bonds. The number of benzene rings is 1. The number of hydrogen-bond acceptors (Lipinski definition) is 4. The van der Waals surface area contributed by atoms with Gasteiger partial charge in [0.05, 0.1) is 6.07 Å². The molecule has 0 saturated carbocycles. The van der Waals surface area contributed by atoms with Crippen LogP contribution in [-0.2, 0) is 20.8 Å². The molecule has 25 heavy (non-hydrogen) atoms. The van der Waals surface area contributed by atoms with Crippen LogP contribution in [0.3, 0.4) is 0 Å². The van der Waals surface area contributed by atoms with Gasteiger partial charge in [0.1, 0.15) is 17.9 Å². The van der Waals surface area contributed by atoms with E-state index in [2.05, 4.69) is 10.6 Å². The molecule has 134 valence electrons. The van der Waals surface area contributed by atoms with Crippen molar-refractivity contribution in [3.8, 4) is 6.07 Å². The summed E-state index contributed by atoms with van der Waals surface area (Å²) in [7, 11) is 0. The Labute approximate surface area is 144 Å². The van der Waals surface area contributed by atoms with Gasteiger partial charge < -0.3 is 15.7 Å². The summed E-state index contributed by atoms with van der Waals surface area (Å²) < 4.78 is 13.3. The zero-order valence-corrected chi connectivity index (χ0v) is 14.0. The van der Waals surface area contributed by atoms with Gasteiger partial charge in [0, 0.05) is 19.3 Å². The van der Waals surface area contributed by atoms with Gasteiger partial charge in [0.15, 0.2) is 0 Å². The van der Waals surface area contributed by atoms with Crippen molar-refractivity contribution in [2.24, 2.45) is 5.92 Å². The molecule has 0 fully saturated rings. The van der Waals surface area contributed by atoms with E-state index in [-0.39, 0.29) is 12.8 Å². The number of carbonyl (C=O) groups excluding carboxylic acids is 2. The Hall–Kier alpha value is -2.95. The second-order valence-electron chi connectivity index (χ2n) is 5.75. The van der Waals surface area contributed by atoms with E-state index in [1.165, 1.54) is 25.1 Å². The molecule has 0 radical (unpaired) electrons. The van der Waals surface area contributed by atoms with Gasteiger partial charge in [-0.3, -0.25) is 9.59 Å². The molecule has 0 heterocycles. The van der Waals surface area contributed by atoms with Gasteiger partial charge in [-0.05, 0) is 31.0 Å². The third-order valence-corrected chi connectivity index (χ3v) is 3.45. The number of carbonyl (C=O) groups is 3. The number of carboxylic acids is 1. The van der Waals surface area contributed by atoms with E-state index in [0.717, 1.165) is 0 Å². The first-order valence-electron chi connectivity index (χ1n) is 7.67. The van der Waals surface area contributed by atoms with Crippen LogP contribution in [0.15, 0.2) is 24.3 Å². The summed E-state index contributed by atoms with van der Waals surface area (Å²) in [6, 6.07) is 5.14. The fourth-order valence-electron chi connectivity index (χ4n) is 2.25. The van der Waals surface area contributed by atoms with Crippen molar-refractivity contribution >= 4 is 17.8 Å². The third-order valence-electron chi connectivity index (χ3n) is 3.45. The molecule has 8 heteroatoms. The summed E-state index contributed by atoms with van der Waals surface area (Å²) in [5, 5.41) is 22.7. The topological polar surface area (TPSA) is 119 Å². The van der Waals surface area contributed by atoms with Crippen LogP contribution < -0.4 is 10.6 Å². The average molecular weight is 349 g/mol. The van der Waals surface area contributed by atoms with Crippen molar-refractivity contribution in [2.45, 2.75) is 38.8 Å². The standard InChI is InChI=1S/C17H20FN3O4/c1-10(9-19)6-15(17(24)25)21-16(23)14(20-11(2)22)8-12-4-3-5-13(18)7-12/h3-5,7,10,14-15H,6,8H2,1-2H3,(H,20,22)(H,21,23)(H,24,25)/t10-,14+,15+/m0/s1. The molecule has 0 spiro atoms. The average Bonchev–Trinajstić information content (AvgIpc) is 2.52. The Morgan fingerprint density at radius 3 is 2.48 bits per heavy atom. The molecule has 0 aliphatic rings. The summed E-state index contributed by atoms with van der Waals surface area (Å²) in [4.78, 5) is 35.0. The van der Waals surface area contributed by atoms with Crippen molar-refractivity contribution in [1.82, 2.24) is 10.6 Å². The molecule has 1 aromatic rings. The predicted octanol–water partition coefficient (Wildman–Crippen LogP) is 0.992. The van der Waals surface area contributed by atoms with Crippen LogP contribution in [0.5, 0.6) is 0 Å². The first-order chi connectivity index (χ1) is 11.7. The van der Waals surface area contributed by atoms with E-state index in [1.807, 2.05) is 6.07 Å². The highest BCUT2D eigenvalue weighted by molar-refractivity contribution is 5.90. The molecule has 7 nitrogen and oxygen atoms in total. The van der Waals surface area contributed by atoms with Crippen molar-refractivity contribution in [3.63, 3.8) is 0 Å². The lowest BCUT2D eigenvalue weighted by molar-refractivity contribution is -0.142. The number of rotatable bonds is 8. The molecular weight excluding hydrogens is 329 g/mol. The minimum Gasteiger partial charge on any atom is -0.480 e. The summed E-state index contributed by atoms with van der Waals surface area (Å²) in [5.74, 6) is -3.51. The second kappa shape index (κ2) is 9.37. The van der Waals surface area contributed by atoms with Gasteiger partial charge in [-0.2, -0.15) is 5.26 Å². The zero-order valence-electron chi connectivity index (χ0n) is 14.0. The number of carboxylic acid groups (broad SMARTS) is 1. The van der Waals surface area contributed by atoms with E-state index in [4.69, 9.17) is 5.26 Å².